The molecule has 0 aliphatic heterocycles. The average molecular weight is 474 g/mol. The minimum Gasteiger partial charge on any atom is -0.495 e. The third kappa shape index (κ3) is 5.80. The number of anilines is 1. The molecule has 0 spiro atoms. The highest BCUT2D eigenvalue weighted by Gasteiger charge is 2.19. The molecule has 1 atom stereocenters. The van der Waals surface area contributed by atoms with Crippen molar-refractivity contribution >= 4 is 40.9 Å². The van der Waals surface area contributed by atoms with Crippen LogP contribution >= 0.6 is 23.4 Å². The molecule has 10 heteroatoms. The van der Waals surface area contributed by atoms with Crippen LogP contribution in [0.15, 0.2) is 47.6 Å². The van der Waals surface area contributed by atoms with E-state index in [1.165, 1.54) is 11.8 Å². The van der Waals surface area contributed by atoms with Crippen molar-refractivity contribution in [1.29, 1.82) is 0 Å². The summed E-state index contributed by atoms with van der Waals surface area (Å²) in [7, 11) is 3.35. The van der Waals surface area contributed by atoms with Gasteiger partial charge in [0.05, 0.1) is 24.6 Å². The van der Waals surface area contributed by atoms with E-state index < -0.39 is 0 Å². The predicted octanol–water partition coefficient (Wildman–Crippen LogP) is 4.01. The maximum Gasteiger partial charge on any atom is 0.251 e. The van der Waals surface area contributed by atoms with E-state index in [2.05, 4.69) is 20.8 Å². The van der Waals surface area contributed by atoms with E-state index in [4.69, 9.17) is 16.3 Å². The molecule has 2 N–H and O–H groups in total. The second-order valence-corrected chi connectivity index (χ2v) is 8.52. The van der Waals surface area contributed by atoms with Crippen LogP contribution < -0.4 is 15.4 Å². The van der Waals surface area contributed by atoms with Gasteiger partial charge < -0.3 is 19.9 Å². The number of halogens is 1. The number of carbonyl (C=O) groups excluding carboxylic acids is 2. The summed E-state index contributed by atoms with van der Waals surface area (Å²) < 4.78 is 7.06. The number of hydrogen-bond donors (Lipinski definition) is 2. The number of methoxy groups -OCH3 is 1. The highest BCUT2D eigenvalue weighted by molar-refractivity contribution is 7.99. The molecule has 0 bridgehead atoms. The SMILES string of the molecule is COc1ccc(C)cc1NC(=O)CSc1nnc([C@@H](C)NC(=O)c2ccc(Cl)cc2)n1C. The smallest absolute Gasteiger partial charge is 0.251 e. The summed E-state index contributed by atoms with van der Waals surface area (Å²) >= 11 is 7.13. The van der Waals surface area contributed by atoms with Crippen LogP contribution in [0.3, 0.4) is 0 Å². The molecule has 32 heavy (non-hydrogen) atoms. The van der Waals surface area contributed by atoms with Gasteiger partial charge in [0.2, 0.25) is 5.91 Å². The lowest BCUT2D eigenvalue weighted by Gasteiger charge is -2.14. The normalized spacial score (nSPS) is 11.7. The minimum atomic E-state index is -0.379. The number of thioether (sulfide) groups is 1. The molecule has 3 rings (SSSR count). The monoisotopic (exact) mass is 473 g/mol. The molecule has 8 nitrogen and oxygen atoms in total. The quantitative estimate of drug-likeness (QED) is 0.480. The Morgan fingerprint density at radius 1 is 1.19 bits per heavy atom. The van der Waals surface area contributed by atoms with Gasteiger partial charge in [-0.1, -0.05) is 29.4 Å². The maximum absolute atomic E-state index is 12.4. The van der Waals surface area contributed by atoms with Crippen molar-refractivity contribution < 1.29 is 14.3 Å². The topological polar surface area (TPSA) is 98.1 Å². The Hall–Kier alpha value is -3.04. The van der Waals surface area contributed by atoms with Gasteiger partial charge in [0.1, 0.15) is 5.75 Å². The fraction of sp³-hybridized carbons (Fsp3) is 0.273. The second kappa shape index (κ2) is 10.5. The van der Waals surface area contributed by atoms with E-state index in [1.807, 2.05) is 32.0 Å². The Morgan fingerprint density at radius 3 is 2.59 bits per heavy atom. The molecule has 0 fully saturated rings. The van der Waals surface area contributed by atoms with Gasteiger partial charge in [-0.3, -0.25) is 9.59 Å². The van der Waals surface area contributed by atoms with Crippen molar-refractivity contribution in [3.05, 3.63) is 64.4 Å². The van der Waals surface area contributed by atoms with E-state index in [0.717, 1.165) is 5.56 Å². The highest BCUT2D eigenvalue weighted by Crippen LogP contribution is 2.26. The lowest BCUT2D eigenvalue weighted by molar-refractivity contribution is -0.113. The van der Waals surface area contributed by atoms with Gasteiger partial charge in [-0.05, 0) is 55.8 Å². The first-order valence-electron chi connectivity index (χ1n) is 9.81. The Kier molecular flexibility index (Phi) is 7.76. The summed E-state index contributed by atoms with van der Waals surface area (Å²) in [5, 5.41) is 15.2. The number of aromatic nitrogens is 3. The van der Waals surface area contributed by atoms with Crippen molar-refractivity contribution in [1.82, 2.24) is 20.1 Å². The molecule has 0 aliphatic rings. The van der Waals surface area contributed by atoms with Gasteiger partial charge in [0.25, 0.3) is 5.91 Å². The molecule has 0 saturated carbocycles. The maximum atomic E-state index is 12.4. The van der Waals surface area contributed by atoms with E-state index >= 15 is 0 Å². The number of ether oxygens (including phenoxy) is 1. The molecule has 0 saturated heterocycles. The van der Waals surface area contributed by atoms with Crippen molar-refractivity contribution in [3.8, 4) is 5.75 Å². The lowest BCUT2D eigenvalue weighted by Crippen LogP contribution is -2.28. The molecule has 0 unspecified atom stereocenters. The molecule has 2 amide bonds. The number of hydrogen-bond acceptors (Lipinski definition) is 6. The molecule has 0 aliphatic carbocycles. The Labute approximate surface area is 195 Å². The molecule has 168 valence electrons. The van der Waals surface area contributed by atoms with E-state index in [1.54, 1.807) is 43.0 Å². The Balaban J connectivity index is 1.59. The van der Waals surface area contributed by atoms with Crippen molar-refractivity contribution in [3.63, 3.8) is 0 Å². The van der Waals surface area contributed by atoms with Crippen molar-refractivity contribution in [2.75, 3.05) is 18.2 Å². The number of nitrogens with zero attached hydrogens (tertiary/aromatic N) is 3. The van der Waals surface area contributed by atoms with Crippen LogP contribution in [0.5, 0.6) is 5.75 Å². The van der Waals surface area contributed by atoms with Gasteiger partial charge in [-0.25, -0.2) is 0 Å². The summed E-state index contributed by atoms with van der Waals surface area (Å²) in [4.78, 5) is 24.9. The van der Waals surface area contributed by atoms with Crippen LogP contribution in [0.1, 0.15) is 34.7 Å². The van der Waals surface area contributed by atoms with Crippen LogP contribution in [0, 0.1) is 6.92 Å². The van der Waals surface area contributed by atoms with Gasteiger partial charge in [-0.2, -0.15) is 0 Å². The minimum absolute atomic E-state index is 0.147. The van der Waals surface area contributed by atoms with Gasteiger partial charge in [0.15, 0.2) is 11.0 Å². The second-order valence-electron chi connectivity index (χ2n) is 7.14. The standard InChI is InChI=1S/C22H24ClN5O3S/c1-13-5-10-18(31-4)17(11-13)25-19(29)12-32-22-27-26-20(28(22)3)14(2)24-21(30)15-6-8-16(23)9-7-15/h5-11,14H,12H2,1-4H3,(H,24,30)(H,25,29)/t14-/m1/s1. The molecule has 0 radical (unpaired) electrons. The number of aryl methyl sites for hydroxylation is 1. The number of amides is 2. The molecule has 3 aromatic rings. The summed E-state index contributed by atoms with van der Waals surface area (Å²) in [5.41, 5.74) is 2.14. The number of rotatable bonds is 8. The van der Waals surface area contributed by atoms with Crippen molar-refractivity contribution in [2.45, 2.75) is 25.0 Å². The predicted molar refractivity (Wildman–Crippen MR) is 125 cm³/mol. The third-order valence-corrected chi connectivity index (χ3v) is 5.94. The van der Waals surface area contributed by atoms with E-state index in [-0.39, 0.29) is 23.6 Å². The number of benzene rings is 2. The lowest BCUT2D eigenvalue weighted by atomic mass is 10.2. The molecule has 1 heterocycles. The highest BCUT2D eigenvalue weighted by atomic mass is 35.5. The van der Waals surface area contributed by atoms with Crippen LogP contribution in [-0.4, -0.2) is 39.4 Å². The van der Waals surface area contributed by atoms with Gasteiger partial charge >= 0.3 is 0 Å². The Morgan fingerprint density at radius 2 is 1.91 bits per heavy atom. The van der Waals surface area contributed by atoms with Gasteiger partial charge in [0, 0.05) is 17.6 Å². The van der Waals surface area contributed by atoms with Crippen LogP contribution in [0.25, 0.3) is 0 Å². The molecular weight excluding hydrogens is 450 g/mol. The van der Waals surface area contributed by atoms with E-state index in [9.17, 15) is 9.59 Å². The first kappa shape index (κ1) is 23.6. The fourth-order valence-corrected chi connectivity index (χ4v) is 3.85. The zero-order valence-electron chi connectivity index (χ0n) is 18.2. The first-order chi connectivity index (χ1) is 15.3. The zero-order valence-corrected chi connectivity index (χ0v) is 19.8. The zero-order chi connectivity index (χ0) is 23.3. The summed E-state index contributed by atoms with van der Waals surface area (Å²) in [6.45, 7) is 3.76. The number of carbonyl (C=O) groups is 2. The largest absolute Gasteiger partial charge is 0.495 e. The molecule has 1 aromatic heterocycles. The van der Waals surface area contributed by atoms with E-state index in [0.29, 0.717) is 33.0 Å². The van der Waals surface area contributed by atoms with Gasteiger partial charge in [-0.15, -0.1) is 10.2 Å². The first-order valence-corrected chi connectivity index (χ1v) is 11.2. The summed E-state index contributed by atoms with van der Waals surface area (Å²) in [6, 6.07) is 11.8. The fourth-order valence-electron chi connectivity index (χ4n) is 3.01. The van der Waals surface area contributed by atoms with Crippen LogP contribution in [0.4, 0.5) is 5.69 Å². The summed E-state index contributed by atoms with van der Waals surface area (Å²) in [5.74, 6) is 0.898. The van der Waals surface area contributed by atoms with Crippen LogP contribution in [-0.2, 0) is 11.8 Å². The summed E-state index contributed by atoms with van der Waals surface area (Å²) in [6.07, 6.45) is 0. The van der Waals surface area contributed by atoms with Crippen LogP contribution in [0.2, 0.25) is 5.02 Å². The molecule has 2 aromatic carbocycles. The Bertz CT molecular complexity index is 1120. The van der Waals surface area contributed by atoms with Crippen molar-refractivity contribution in [2.24, 2.45) is 7.05 Å². The average Bonchev–Trinajstić information content (AvgIpc) is 3.13. The molecular formula is C22H24ClN5O3S. The number of nitrogens with one attached hydrogen (secondary N) is 2. The third-order valence-electron chi connectivity index (χ3n) is 4.67.